The summed E-state index contributed by atoms with van der Waals surface area (Å²) in [5.41, 5.74) is 0. The van der Waals surface area contributed by atoms with E-state index < -0.39 is 13.4 Å². The maximum atomic E-state index is 9.67. The maximum Gasteiger partial charge on any atom is 0.379 e. The number of alkyl halides is 6. The molecule has 0 saturated heterocycles. The van der Waals surface area contributed by atoms with Crippen LogP contribution in [0.1, 0.15) is 13.8 Å². The average Bonchev–Trinajstić information content (AvgIpc) is 2.24. The second kappa shape index (κ2) is 14.6. The molecule has 0 atom stereocenters. The van der Waals surface area contributed by atoms with Gasteiger partial charge in [-0.25, -0.2) is 0 Å². The molecule has 0 unspecified atom stereocenters. The van der Waals surface area contributed by atoms with Gasteiger partial charge >= 0.3 is 13.4 Å². The quantitative estimate of drug-likeness (QED) is 0.555. The van der Waals surface area contributed by atoms with Crippen molar-refractivity contribution in [2.75, 3.05) is 40.4 Å². The normalized spacial score (nSPS) is 10.7. The highest BCUT2D eigenvalue weighted by molar-refractivity contribution is 4.32. The first-order valence-corrected chi connectivity index (χ1v) is 5.32. The predicted molar refractivity (Wildman–Crippen MR) is 58.2 cm³/mol. The van der Waals surface area contributed by atoms with Crippen molar-refractivity contribution in [1.29, 1.82) is 0 Å². The number of hydrogen-bond acceptors (Lipinski definition) is 1. The van der Waals surface area contributed by atoms with Gasteiger partial charge in [0.15, 0.2) is 0 Å². The molecule has 0 aromatic rings. The summed E-state index contributed by atoms with van der Waals surface area (Å²) >= 11 is 0. The van der Waals surface area contributed by atoms with Crippen LogP contribution in [0, 0.1) is 0 Å². The third kappa shape index (κ3) is 29.6. The van der Waals surface area contributed by atoms with Gasteiger partial charge in [-0.3, -0.25) is 0 Å². The minimum absolute atomic E-state index is 0.873. The fraction of sp³-hybridized carbons (Fsp3) is 1.00. The minimum Gasteiger partial charge on any atom is -0.379 e. The summed E-state index contributed by atoms with van der Waals surface area (Å²) < 4.78 is 64.1. The molecule has 0 aliphatic heterocycles. The Labute approximate surface area is 104 Å². The third-order valence-corrected chi connectivity index (χ3v) is 2.36. The highest BCUT2D eigenvalue weighted by atomic mass is 19.4. The first-order chi connectivity index (χ1) is 8.15. The average molecular weight is 286 g/mol. The molecule has 8 heteroatoms. The van der Waals surface area contributed by atoms with Gasteiger partial charge < -0.3 is 9.22 Å². The number of rotatable bonds is 5. The minimum atomic E-state index is -3.67. The highest BCUT2D eigenvalue weighted by Crippen LogP contribution is 1.99. The van der Waals surface area contributed by atoms with Gasteiger partial charge in [-0.05, 0) is 13.8 Å². The van der Waals surface area contributed by atoms with Gasteiger partial charge in [0, 0.05) is 7.11 Å². The molecular weight excluding hydrogens is 264 g/mol. The number of nitrogens with zero attached hydrogens (tertiary/aromatic N) is 1. The summed E-state index contributed by atoms with van der Waals surface area (Å²) in [4.78, 5) is 0. The third-order valence-electron chi connectivity index (χ3n) is 2.36. The number of methoxy groups -OCH3 is 1. The molecule has 0 bridgehead atoms. The maximum absolute atomic E-state index is 9.67. The number of ether oxygens (including phenoxy) is 1. The topological polar surface area (TPSA) is 9.23 Å². The van der Waals surface area contributed by atoms with E-state index in [2.05, 4.69) is 20.9 Å². The van der Waals surface area contributed by atoms with Crippen molar-refractivity contribution in [3.05, 3.63) is 0 Å². The summed E-state index contributed by atoms with van der Waals surface area (Å²) in [5, 5.41) is 0. The largest absolute Gasteiger partial charge is 0.379 e. The van der Waals surface area contributed by atoms with Crippen LogP contribution in [0.25, 0.3) is 0 Å². The predicted octanol–water partition coefficient (Wildman–Crippen LogP) is 3.48. The zero-order chi connectivity index (χ0) is 15.2. The summed E-state index contributed by atoms with van der Waals surface area (Å²) in [6.45, 7) is 1.50. The molecule has 0 aliphatic carbocycles. The Morgan fingerprint density at radius 2 is 1.17 bits per heavy atom. The molecule has 114 valence electrons. The van der Waals surface area contributed by atoms with E-state index >= 15 is 0 Å². The Morgan fingerprint density at radius 3 is 1.33 bits per heavy atom. The van der Waals surface area contributed by atoms with E-state index in [0.29, 0.717) is 0 Å². The molecule has 0 rings (SSSR count). The van der Waals surface area contributed by atoms with Crippen LogP contribution in [-0.4, -0.2) is 58.2 Å². The molecule has 0 aromatic heterocycles. The monoisotopic (exact) mass is 286 g/mol. The van der Waals surface area contributed by atoms with Crippen molar-refractivity contribution in [1.82, 2.24) is 0 Å². The van der Waals surface area contributed by atoms with E-state index in [1.54, 1.807) is 7.11 Å². The van der Waals surface area contributed by atoms with Crippen LogP contribution in [0.2, 0.25) is 0 Å². The lowest BCUT2D eigenvalue weighted by Crippen LogP contribution is -2.45. The van der Waals surface area contributed by atoms with Crippen LogP contribution < -0.4 is 0 Å². The number of halogens is 6. The van der Waals surface area contributed by atoms with Crippen LogP contribution >= 0.6 is 0 Å². The number of likely N-dealkylation sites (N-methyl/N-ethyl adjacent to an activating group) is 1. The van der Waals surface area contributed by atoms with Crippen molar-refractivity contribution in [3.63, 3.8) is 0 Å². The first-order valence-electron chi connectivity index (χ1n) is 5.32. The van der Waals surface area contributed by atoms with Gasteiger partial charge in [-0.1, -0.05) is 0 Å². The highest BCUT2D eigenvalue weighted by Gasteiger charge is 2.14. The summed E-state index contributed by atoms with van der Waals surface area (Å²) in [5.74, 6) is 0. The lowest BCUT2D eigenvalue weighted by atomic mass is 10.4. The molecule has 0 heterocycles. The van der Waals surface area contributed by atoms with E-state index in [0.717, 1.165) is 17.6 Å². The molecule has 0 spiro atoms. The fourth-order valence-corrected chi connectivity index (χ4v) is 0.852. The van der Waals surface area contributed by atoms with Crippen LogP contribution in [0.15, 0.2) is 0 Å². The molecule has 0 fully saturated rings. The van der Waals surface area contributed by atoms with Gasteiger partial charge in [0.2, 0.25) is 0 Å². The smallest absolute Gasteiger partial charge is 0.379 e. The zero-order valence-electron chi connectivity index (χ0n) is 11.1. The van der Waals surface area contributed by atoms with Gasteiger partial charge in [-0.2, -0.15) is 26.3 Å². The van der Waals surface area contributed by atoms with Crippen LogP contribution in [0.5, 0.6) is 0 Å². The molecule has 0 aliphatic rings. The molecule has 0 N–H and O–H groups in total. The molecule has 0 radical (unpaired) electrons. The fourth-order valence-electron chi connectivity index (χ4n) is 0.852. The van der Waals surface area contributed by atoms with Crippen molar-refractivity contribution >= 4 is 0 Å². The molecule has 2 nitrogen and oxygen atoms in total. The second-order valence-electron chi connectivity index (χ2n) is 3.46. The van der Waals surface area contributed by atoms with E-state index in [1.165, 1.54) is 13.1 Å². The summed E-state index contributed by atoms with van der Waals surface area (Å²) in [7, 11) is 4.02. The van der Waals surface area contributed by atoms with Gasteiger partial charge in [0.25, 0.3) is 0 Å². The van der Waals surface area contributed by atoms with E-state index in [1.807, 2.05) is 0 Å². The number of hydrogen-bond donors (Lipinski definition) is 0. The summed E-state index contributed by atoms with van der Waals surface area (Å²) in [6.07, 6.45) is 0. The Bertz CT molecular complexity index is 144. The lowest BCUT2D eigenvalue weighted by Gasteiger charge is -2.31. The number of quaternary nitrogens is 1. The van der Waals surface area contributed by atoms with Gasteiger partial charge in [0.1, 0.15) is 6.54 Å². The Hall–Kier alpha value is -0.500. The molecule has 18 heavy (non-hydrogen) atoms. The zero-order valence-corrected chi connectivity index (χ0v) is 11.1. The Morgan fingerprint density at radius 1 is 0.889 bits per heavy atom. The van der Waals surface area contributed by atoms with Crippen LogP contribution in [0.3, 0.4) is 0 Å². The van der Waals surface area contributed by atoms with Gasteiger partial charge in [-0.15, -0.1) is 0 Å². The Balaban J connectivity index is -0.000000233. The van der Waals surface area contributed by atoms with E-state index in [4.69, 9.17) is 4.74 Å². The van der Waals surface area contributed by atoms with Crippen molar-refractivity contribution in [3.8, 4) is 0 Å². The first kappa shape index (κ1) is 22.7. The van der Waals surface area contributed by atoms with Crippen LogP contribution in [-0.2, 0) is 4.74 Å². The molecule has 0 aromatic carbocycles. The van der Waals surface area contributed by atoms with Gasteiger partial charge in [0.05, 0.1) is 26.7 Å². The second-order valence-corrected chi connectivity index (χ2v) is 3.46. The SMILES string of the molecule is CC[N+](C)(CC)CCOC.FC(F)F.FC(F)F. The standard InChI is InChI=1S/C8H20NO.2CHF3/c1-5-9(3,6-2)7-8-10-4;2*2-1(3)4/h5-8H2,1-4H3;2*1H/q+1;;. The lowest BCUT2D eigenvalue weighted by molar-refractivity contribution is -0.906. The summed E-state index contributed by atoms with van der Waals surface area (Å²) in [6, 6.07) is 0. The van der Waals surface area contributed by atoms with Crippen LogP contribution in [0.4, 0.5) is 26.3 Å². The Kier molecular flexibility index (Phi) is 18.3. The molecule has 0 saturated carbocycles. The van der Waals surface area contributed by atoms with E-state index in [-0.39, 0.29) is 0 Å². The van der Waals surface area contributed by atoms with Crippen molar-refractivity contribution < 1.29 is 35.6 Å². The molecular formula is C10H22F6NO+. The van der Waals surface area contributed by atoms with Crippen molar-refractivity contribution in [2.45, 2.75) is 27.2 Å². The molecule has 0 amide bonds. The van der Waals surface area contributed by atoms with E-state index in [9.17, 15) is 26.3 Å². The van der Waals surface area contributed by atoms with Crippen molar-refractivity contribution in [2.24, 2.45) is 0 Å².